The topological polar surface area (TPSA) is 20.2 Å². The molecule has 0 amide bonds. The van der Waals surface area contributed by atoms with Crippen LogP contribution < -0.4 is 0 Å². The molecule has 0 heterocycles. The van der Waals surface area contributed by atoms with Crippen molar-refractivity contribution in [3.05, 3.63) is 0 Å². The molecule has 0 radical (unpaired) electrons. The Hall–Kier alpha value is -0.0400. The third-order valence-corrected chi connectivity index (χ3v) is 3.95. The zero-order valence-corrected chi connectivity index (χ0v) is 10.5. The summed E-state index contributed by atoms with van der Waals surface area (Å²) in [5.74, 6) is 1.50. The second kappa shape index (κ2) is 7.27. The Morgan fingerprint density at radius 3 is 2.27 bits per heavy atom. The van der Waals surface area contributed by atoms with Crippen molar-refractivity contribution in [1.29, 1.82) is 0 Å². The fraction of sp³-hybridized carbons (Fsp3) is 1.00. The van der Waals surface area contributed by atoms with Gasteiger partial charge in [0.15, 0.2) is 0 Å². The maximum Gasteiger partial charge on any atom is 0.0545 e. The van der Waals surface area contributed by atoms with Gasteiger partial charge in [-0.3, -0.25) is 0 Å². The first kappa shape index (κ1) is 13.0. The summed E-state index contributed by atoms with van der Waals surface area (Å²) in [6.07, 6.45) is 11.5. The van der Waals surface area contributed by atoms with Crippen molar-refractivity contribution < 1.29 is 5.11 Å². The first-order chi connectivity index (χ1) is 7.22. The molecule has 0 aliphatic heterocycles. The lowest BCUT2D eigenvalue weighted by molar-refractivity contribution is 0.112. The molecule has 1 saturated carbocycles. The van der Waals surface area contributed by atoms with Gasteiger partial charge in [-0.15, -0.1) is 0 Å². The van der Waals surface area contributed by atoms with E-state index >= 15 is 0 Å². The summed E-state index contributed by atoms with van der Waals surface area (Å²) in [6, 6.07) is 0. The number of aliphatic hydroxyl groups excluding tert-OH is 1. The molecule has 1 aliphatic rings. The molecule has 90 valence electrons. The highest BCUT2D eigenvalue weighted by Crippen LogP contribution is 2.28. The zero-order valence-electron chi connectivity index (χ0n) is 10.5. The lowest BCUT2D eigenvalue weighted by Crippen LogP contribution is -2.16. The van der Waals surface area contributed by atoms with Crippen LogP contribution in [0.3, 0.4) is 0 Å². The highest BCUT2D eigenvalue weighted by atomic mass is 16.3. The van der Waals surface area contributed by atoms with Crippen LogP contribution in [0, 0.1) is 11.8 Å². The molecule has 1 N–H and O–H groups in total. The highest BCUT2D eigenvalue weighted by Gasteiger charge is 2.17. The number of aliphatic hydroxyl groups is 1. The van der Waals surface area contributed by atoms with Gasteiger partial charge in [-0.2, -0.15) is 0 Å². The molecule has 0 spiro atoms. The van der Waals surface area contributed by atoms with E-state index in [9.17, 15) is 5.11 Å². The monoisotopic (exact) mass is 212 g/mol. The Kier molecular flexibility index (Phi) is 6.31. The number of rotatable bonds is 5. The van der Waals surface area contributed by atoms with Crippen molar-refractivity contribution in [2.24, 2.45) is 11.8 Å². The van der Waals surface area contributed by atoms with E-state index in [1.807, 2.05) is 0 Å². The Morgan fingerprint density at radius 2 is 1.73 bits per heavy atom. The molecule has 2 atom stereocenters. The average molecular weight is 212 g/mol. The summed E-state index contributed by atoms with van der Waals surface area (Å²) in [6.45, 7) is 4.46. The summed E-state index contributed by atoms with van der Waals surface area (Å²) in [4.78, 5) is 0. The minimum absolute atomic E-state index is 0.0388. The summed E-state index contributed by atoms with van der Waals surface area (Å²) in [5, 5.41) is 9.99. The Labute approximate surface area is 95.3 Å². The van der Waals surface area contributed by atoms with Crippen molar-refractivity contribution in [2.75, 3.05) is 0 Å². The second-order valence-corrected chi connectivity index (χ2v) is 5.50. The van der Waals surface area contributed by atoms with Gasteiger partial charge in [-0.25, -0.2) is 0 Å². The molecule has 1 aliphatic carbocycles. The van der Waals surface area contributed by atoms with Crippen LogP contribution in [0.25, 0.3) is 0 Å². The van der Waals surface area contributed by atoms with E-state index in [0.717, 1.165) is 18.8 Å². The fourth-order valence-electron chi connectivity index (χ4n) is 2.71. The van der Waals surface area contributed by atoms with Gasteiger partial charge in [0.2, 0.25) is 0 Å². The van der Waals surface area contributed by atoms with Crippen LogP contribution in [0.1, 0.15) is 71.6 Å². The van der Waals surface area contributed by atoms with Gasteiger partial charge in [-0.05, 0) is 24.7 Å². The third kappa shape index (κ3) is 5.55. The van der Waals surface area contributed by atoms with E-state index in [4.69, 9.17) is 0 Å². The molecule has 1 heteroatoms. The zero-order chi connectivity index (χ0) is 11.1. The molecule has 0 saturated heterocycles. The lowest BCUT2D eigenvalue weighted by atomic mass is 9.89. The van der Waals surface area contributed by atoms with Crippen LogP contribution in [-0.4, -0.2) is 11.2 Å². The van der Waals surface area contributed by atoms with Crippen molar-refractivity contribution in [2.45, 2.75) is 77.7 Å². The van der Waals surface area contributed by atoms with Crippen molar-refractivity contribution in [3.63, 3.8) is 0 Å². The molecule has 0 aromatic rings. The van der Waals surface area contributed by atoms with E-state index in [1.165, 1.54) is 44.9 Å². The molecule has 0 aromatic heterocycles. The van der Waals surface area contributed by atoms with Gasteiger partial charge in [0.1, 0.15) is 0 Å². The van der Waals surface area contributed by atoms with E-state index in [2.05, 4.69) is 13.8 Å². The van der Waals surface area contributed by atoms with Gasteiger partial charge in [0.25, 0.3) is 0 Å². The summed E-state index contributed by atoms with van der Waals surface area (Å²) < 4.78 is 0. The van der Waals surface area contributed by atoms with Gasteiger partial charge in [0.05, 0.1) is 6.10 Å². The van der Waals surface area contributed by atoms with E-state index in [1.54, 1.807) is 0 Å². The average Bonchev–Trinajstić information content (AvgIpc) is 2.46. The molecule has 0 bridgehead atoms. The Bertz CT molecular complexity index is 147. The second-order valence-electron chi connectivity index (χ2n) is 5.50. The molecular weight excluding hydrogens is 184 g/mol. The maximum absolute atomic E-state index is 9.99. The maximum atomic E-state index is 9.99. The van der Waals surface area contributed by atoms with Crippen LogP contribution in [0.5, 0.6) is 0 Å². The summed E-state index contributed by atoms with van der Waals surface area (Å²) >= 11 is 0. The van der Waals surface area contributed by atoms with Gasteiger partial charge >= 0.3 is 0 Å². The third-order valence-electron chi connectivity index (χ3n) is 3.95. The van der Waals surface area contributed by atoms with Crippen LogP contribution in [0.4, 0.5) is 0 Å². The molecule has 0 aromatic carbocycles. The molecule has 1 rings (SSSR count). The molecule has 1 fully saturated rings. The highest BCUT2D eigenvalue weighted by molar-refractivity contribution is 4.70. The minimum Gasteiger partial charge on any atom is -0.393 e. The van der Waals surface area contributed by atoms with Crippen molar-refractivity contribution in [1.82, 2.24) is 0 Å². The van der Waals surface area contributed by atoms with Crippen LogP contribution in [-0.2, 0) is 0 Å². The van der Waals surface area contributed by atoms with Crippen molar-refractivity contribution in [3.8, 4) is 0 Å². The normalized spacial score (nSPS) is 23.4. The quantitative estimate of drug-likeness (QED) is 0.679. The minimum atomic E-state index is -0.0388. The standard InChI is InChI=1S/C14H28O/c1-3-12(2)10-14(15)11-13-8-6-4-5-7-9-13/h12-15H,3-11H2,1-2H3. The van der Waals surface area contributed by atoms with Gasteiger partial charge in [-0.1, -0.05) is 58.8 Å². The smallest absolute Gasteiger partial charge is 0.0545 e. The van der Waals surface area contributed by atoms with E-state index in [-0.39, 0.29) is 6.10 Å². The van der Waals surface area contributed by atoms with E-state index < -0.39 is 0 Å². The lowest BCUT2D eigenvalue weighted by Gasteiger charge is -2.20. The van der Waals surface area contributed by atoms with E-state index in [0.29, 0.717) is 5.92 Å². The largest absolute Gasteiger partial charge is 0.393 e. The first-order valence-corrected chi connectivity index (χ1v) is 6.90. The Morgan fingerprint density at radius 1 is 1.13 bits per heavy atom. The Balaban J connectivity index is 2.20. The number of hydrogen-bond donors (Lipinski definition) is 1. The van der Waals surface area contributed by atoms with Crippen LogP contribution in [0.2, 0.25) is 0 Å². The molecule has 2 unspecified atom stereocenters. The summed E-state index contributed by atoms with van der Waals surface area (Å²) in [7, 11) is 0. The SMILES string of the molecule is CCC(C)CC(O)CC1CCCCCC1. The first-order valence-electron chi connectivity index (χ1n) is 6.90. The summed E-state index contributed by atoms with van der Waals surface area (Å²) in [5.41, 5.74) is 0. The predicted molar refractivity (Wildman–Crippen MR) is 65.9 cm³/mol. The van der Waals surface area contributed by atoms with Crippen molar-refractivity contribution >= 4 is 0 Å². The molecule has 1 nitrogen and oxygen atoms in total. The van der Waals surface area contributed by atoms with Gasteiger partial charge in [0, 0.05) is 0 Å². The fourth-order valence-corrected chi connectivity index (χ4v) is 2.71. The van der Waals surface area contributed by atoms with Crippen LogP contribution in [0.15, 0.2) is 0 Å². The molecule has 15 heavy (non-hydrogen) atoms. The number of hydrogen-bond acceptors (Lipinski definition) is 1. The molecular formula is C14H28O. The van der Waals surface area contributed by atoms with Crippen LogP contribution >= 0.6 is 0 Å². The predicted octanol–water partition coefficient (Wildman–Crippen LogP) is 4.14. The van der Waals surface area contributed by atoms with Gasteiger partial charge < -0.3 is 5.11 Å².